The van der Waals surface area contributed by atoms with Gasteiger partial charge < -0.3 is 14.8 Å². The molecule has 0 unspecified atom stereocenters. The number of hydrogen-bond donors (Lipinski definition) is 1. The number of rotatable bonds is 3. The molecule has 4 heteroatoms. The lowest BCUT2D eigenvalue weighted by Crippen LogP contribution is -2.42. The number of hydrogen-bond acceptors (Lipinski definition) is 3. The third-order valence-electron chi connectivity index (χ3n) is 4.40. The first-order valence-electron chi connectivity index (χ1n) is 7.46. The van der Waals surface area contributed by atoms with Gasteiger partial charge in [-0.15, -0.1) is 0 Å². The smallest absolute Gasteiger partial charge is 0.168 e. The first kappa shape index (κ1) is 14.5. The summed E-state index contributed by atoms with van der Waals surface area (Å²) in [6.45, 7) is 3.74. The van der Waals surface area contributed by atoms with E-state index in [-0.39, 0.29) is 5.79 Å². The van der Waals surface area contributed by atoms with Crippen LogP contribution in [0.3, 0.4) is 0 Å². The van der Waals surface area contributed by atoms with Crippen molar-refractivity contribution in [1.29, 1.82) is 0 Å². The van der Waals surface area contributed by atoms with Crippen LogP contribution < -0.4 is 5.32 Å². The lowest BCUT2D eigenvalue weighted by molar-refractivity contribution is -0.179. The largest absolute Gasteiger partial charge is 0.348 e. The zero-order chi connectivity index (χ0) is 14.0. The van der Waals surface area contributed by atoms with Crippen LogP contribution >= 0.6 is 15.9 Å². The Morgan fingerprint density at radius 2 is 1.95 bits per heavy atom. The molecule has 0 aromatic heterocycles. The van der Waals surface area contributed by atoms with E-state index in [2.05, 4.69) is 52.4 Å². The highest BCUT2D eigenvalue weighted by Crippen LogP contribution is 2.36. The van der Waals surface area contributed by atoms with Gasteiger partial charge in [-0.2, -0.15) is 0 Å². The van der Waals surface area contributed by atoms with Gasteiger partial charge in [0.15, 0.2) is 5.79 Å². The molecule has 3 nitrogen and oxygen atoms in total. The Morgan fingerprint density at radius 3 is 2.60 bits per heavy atom. The maximum absolute atomic E-state index is 5.78. The van der Waals surface area contributed by atoms with Gasteiger partial charge in [0, 0.05) is 29.4 Å². The molecule has 0 amide bonds. The van der Waals surface area contributed by atoms with Crippen molar-refractivity contribution in [3.8, 4) is 0 Å². The van der Waals surface area contributed by atoms with Gasteiger partial charge in [0.1, 0.15) is 0 Å². The zero-order valence-electron chi connectivity index (χ0n) is 11.9. The van der Waals surface area contributed by atoms with Gasteiger partial charge in [0.2, 0.25) is 0 Å². The first-order chi connectivity index (χ1) is 9.67. The second-order valence-corrected chi connectivity index (χ2v) is 6.74. The minimum absolute atomic E-state index is 0.253. The molecule has 0 bridgehead atoms. The number of ether oxygens (including phenoxy) is 2. The van der Waals surface area contributed by atoms with E-state index in [1.54, 1.807) is 0 Å². The summed E-state index contributed by atoms with van der Waals surface area (Å²) in [4.78, 5) is 0. The first-order valence-corrected chi connectivity index (χ1v) is 8.26. The Morgan fingerprint density at radius 1 is 1.25 bits per heavy atom. The molecule has 1 heterocycles. The van der Waals surface area contributed by atoms with Crippen LogP contribution in [-0.2, 0) is 9.47 Å². The van der Waals surface area contributed by atoms with Crippen molar-refractivity contribution in [3.05, 3.63) is 34.3 Å². The summed E-state index contributed by atoms with van der Waals surface area (Å²) >= 11 is 3.54. The average Bonchev–Trinajstić information content (AvgIpc) is 2.90. The molecule has 1 saturated carbocycles. The van der Waals surface area contributed by atoms with E-state index in [0.717, 1.165) is 43.4 Å². The van der Waals surface area contributed by atoms with Crippen LogP contribution in [0.5, 0.6) is 0 Å². The SMILES string of the molecule is C[C@H](NC1CCC2(CC1)OCCO2)c1cccc(Br)c1. The summed E-state index contributed by atoms with van der Waals surface area (Å²) in [7, 11) is 0. The molecule has 1 saturated heterocycles. The van der Waals surface area contributed by atoms with Crippen LogP contribution in [0.2, 0.25) is 0 Å². The summed E-state index contributed by atoms with van der Waals surface area (Å²) in [6, 6.07) is 9.45. The van der Waals surface area contributed by atoms with Crippen LogP contribution in [0.15, 0.2) is 28.7 Å². The van der Waals surface area contributed by atoms with Gasteiger partial charge in [0.05, 0.1) is 13.2 Å². The highest BCUT2D eigenvalue weighted by atomic mass is 79.9. The Hall–Kier alpha value is -0.420. The fourth-order valence-electron chi connectivity index (χ4n) is 3.24. The fraction of sp³-hybridized carbons (Fsp3) is 0.625. The van der Waals surface area contributed by atoms with Crippen molar-refractivity contribution in [2.75, 3.05) is 13.2 Å². The third kappa shape index (κ3) is 3.25. The molecule has 1 N–H and O–H groups in total. The predicted octanol–water partition coefficient (Wildman–Crippen LogP) is 3.79. The molecule has 3 rings (SSSR count). The highest BCUT2D eigenvalue weighted by molar-refractivity contribution is 9.10. The van der Waals surface area contributed by atoms with Crippen molar-refractivity contribution in [2.45, 2.75) is 50.5 Å². The molecular formula is C16H22BrNO2. The highest BCUT2D eigenvalue weighted by Gasteiger charge is 2.40. The summed E-state index contributed by atoms with van der Waals surface area (Å²) in [5, 5.41) is 3.74. The van der Waals surface area contributed by atoms with E-state index in [1.165, 1.54) is 5.56 Å². The van der Waals surface area contributed by atoms with Gasteiger partial charge in [-0.3, -0.25) is 0 Å². The lowest BCUT2D eigenvalue weighted by atomic mass is 9.89. The Labute approximate surface area is 129 Å². The second kappa shape index (κ2) is 6.14. The van der Waals surface area contributed by atoms with Crippen molar-refractivity contribution in [1.82, 2.24) is 5.32 Å². The summed E-state index contributed by atoms with van der Waals surface area (Å²) in [6.07, 6.45) is 4.27. The van der Waals surface area contributed by atoms with Crippen molar-refractivity contribution in [2.24, 2.45) is 0 Å². The molecule has 20 heavy (non-hydrogen) atoms. The summed E-state index contributed by atoms with van der Waals surface area (Å²) in [5.41, 5.74) is 1.33. The van der Waals surface area contributed by atoms with Crippen LogP contribution in [0.1, 0.15) is 44.2 Å². The molecule has 2 aliphatic rings. The van der Waals surface area contributed by atoms with E-state index in [0.29, 0.717) is 12.1 Å². The second-order valence-electron chi connectivity index (χ2n) is 5.83. The minimum atomic E-state index is -0.253. The van der Waals surface area contributed by atoms with E-state index in [9.17, 15) is 0 Å². The Kier molecular flexibility index (Phi) is 4.46. The minimum Gasteiger partial charge on any atom is -0.348 e. The van der Waals surface area contributed by atoms with Gasteiger partial charge in [-0.25, -0.2) is 0 Å². The van der Waals surface area contributed by atoms with E-state index >= 15 is 0 Å². The normalized spacial score (nSPS) is 24.1. The third-order valence-corrected chi connectivity index (χ3v) is 4.89. The molecule has 2 fully saturated rings. The quantitative estimate of drug-likeness (QED) is 0.908. The lowest BCUT2D eigenvalue weighted by Gasteiger charge is -2.36. The van der Waals surface area contributed by atoms with E-state index < -0.39 is 0 Å². The summed E-state index contributed by atoms with van der Waals surface area (Å²) in [5.74, 6) is -0.253. The predicted molar refractivity (Wildman–Crippen MR) is 82.6 cm³/mol. The molecule has 1 atom stereocenters. The monoisotopic (exact) mass is 339 g/mol. The van der Waals surface area contributed by atoms with E-state index in [1.807, 2.05) is 0 Å². The molecule has 0 radical (unpaired) electrons. The average molecular weight is 340 g/mol. The van der Waals surface area contributed by atoms with Crippen molar-refractivity contribution < 1.29 is 9.47 Å². The van der Waals surface area contributed by atoms with Gasteiger partial charge in [0.25, 0.3) is 0 Å². The molecule has 1 aliphatic carbocycles. The molecule has 1 aromatic carbocycles. The fourth-order valence-corrected chi connectivity index (χ4v) is 3.65. The van der Waals surface area contributed by atoms with Crippen LogP contribution in [0.25, 0.3) is 0 Å². The van der Waals surface area contributed by atoms with Gasteiger partial charge in [-0.05, 0) is 37.5 Å². The molecule has 1 aliphatic heterocycles. The molecular weight excluding hydrogens is 318 g/mol. The summed E-state index contributed by atoms with van der Waals surface area (Å²) < 4.78 is 12.7. The number of halogens is 1. The standard InChI is InChI=1S/C16H22BrNO2/c1-12(13-3-2-4-14(17)11-13)18-15-5-7-16(8-6-15)19-9-10-20-16/h2-4,11-12,15,18H,5-10H2,1H3/t12-/m0/s1. The maximum Gasteiger partial charge on any atom is 0.168 e. The van der Waals surface area contributed by atoms with Gasteiger partial charge >= 0.3 is 0 Å². The van der Waals surface area contributed by atoms with Crippen LogP contribution in [0, 0.1) is 0 Å². The van der Waals surface area contributed by atoms with Crippen molar-refractivity contribution >= 4 is 15.9 Å². The number of nitrogens with one attached hydrogen (secondary N) is 1. The molecule has 1 spiro atoms. The molecule has 110 valence electrons. The topological polar surface area (TPSA) is 30.5 Å². The Balaban J connectivity index is 1.54. The van der Waals surface area contributed by atoms with Gasteiger partial charge in [-0.1, -0.05) is 28.1 Å². The van der Waals surface area contributed by atoms with Crippen LogP contribution in [-0.4, -0.2) is 25.0 Å². The number of benzene rings is 1. The van der Waals surface area contributed by atoms with Crippen molar-refractivity contribution in [3.63, 3.8) is 0 Å². The Bertz CT molecular complexity index is 450. The zero-order valence-corrected chi connectivity index (χ0v) is 13.5. The maximum atomic E-state index is 5.78. The van der Waals surface area contributed by atoms with Crippen LogP contribution in [0.4, 0.5) is 0 Å². The molecule has 1 aromatic rings. The van der Waals surface area contributed by atoms with E-state index in [4.69, 9.17) is 9.47 Å².